The number of phenolic OH excluding ortho intramolecular Hbond substituents is 1. The van der Waals surface area contributed by atoms with Crippen LogP contribution in [0.2, 0.25) is 10.0 Å². The standard InChI is InChI=1S/C14H7Cl2NO3/c15-7-5-6-8(16)12-11(7)13(19)17(14(12)20)9-3-1-2-4-10(9)18/h1-6,18H. The van der Waals surface area contributed by atoms with E-state index in [1.807, 2.05) is 0 Å². The fourth-order valence-corrected chi connectivity index (χ4v) is 2.63. The third kappa shape index (κ3) is 1.69. The molecule has 0 spiro atoms. The van der Waals surface area contributed by atoms with Crippen molar-refractivity contribution < 1.29 is 14.7 Å². The molecule has 1 aliphatic rings. The van der Waals surface area contributed by atoms with Gasteiger partial charge in [0, 0.05) is 0 Å². The Morgan fingerprint density at radius 1 is 0.850 bits per heavy atom. The Labute approximate surface area is 124 Å². The number of hydrogen-bond acceptors (Lipinski definition) is 3. The molecule has 0 aliphatic carbocycles. The van der Waals surface area contributed by atoms with Gasteiger partial charge in [0.1, 0.15) is 5.75 Å². The number of halogens is 2. The third-order valence-corrected chi connectivity index (χ3v) is 3.69. The summed E-state index contributed by atoms with van der Waals surface area (Å²) in [6.07, 6.45) is 0. The van der Waals surface area contributed by atoms with Gasteiger partial charge < -0.3 is 5.11 Å². The number of benzene rings is 2. The highest BCUT2D eigenvalue weighted by Crippen LogP contribution is 2.39. The Morgan fingerprint density at radius 2 is 1.35 bits per heavy atom. The van der Waals surface area contributed by atoms with Gasteiger partial charge in [0.25, 0.3) is 11.8 Å². The molecule has 1 N–H and O–H groups in total. The number of para-hydroxylation sites is 2. The Hall–Kier alpha value is -2.04. The van der Waals surface area contributed by atoms with E-state index < -0.39 is 11.8 Å². The van der Waals surface area contributed by atoms with Crippen molar-refractivity contribution in [1.29, 1.82) is 0 Å². The smallest absolute Gasteiger partial charge is 0.267 e. The highest BCUT2D eigenvalue weighted by atomic mass is 35.5. The highest BCUT2D eigenvalue weighted by Gasteiger charge is 2.41. The minimum atomic E-state index is -0.598. The zero-order valence-corrected chi connectivity index (χ0v) is 11.4. The van der Waals surface area contributed by atoms with E-state index in [9.17, 15) is 14.7 Å². The first-order valence-corrected chi connectivity index (χ1v) is 6.42. The molecule has 0 bridgehead atoms. The second-order valence-corrected chi connectivity index (χ2v) is 5.03. The summed E-state index contributed by atoms with van der Waals surface area (Å²) in [6, 6.07) is 8.99. The Kier molecular flexibility index (Phi) is 2.92. The van der Waals surface area contributed by atoms with Gasteiger partial charge in [-0.3, -0.25) is 9.59 Å². The van der Waals surface area contributed by atoms with Gasteiger partial charge >= 0.3 is 0 Å². The molecular formula is C14H7Cl2NO3. The van der Waals surface area contributed by atoms with Crippen LogP contribution in [-0.4, -0.2) is 16.9 Å². The van der Waals surface area contributed by atoms with Gasteiger partial charge in [0.15, 0.2) is 0 Å². The molecule has 4 nitrogen and oxygen atoms in total. The molecule has 1 aliphatic heterocycles. The van der Waals surface area contributed by atoms with E-state index in [0.717, 1.165) is 4.90 Å². The SMILES string of the molecule is O=C1c2c(Cl)ccc(Cl)c2C(=O)N1c1ccccc1O. The van der Waals surface area contributed by atoms with E-state index in [2.05, 4.69) is 0 Å². The van der Waals surface area contributed by atoms with Crippen LogP contribution in [0.5, 0.6) is 5.75 Å². The number of anilines is 1. The molecule has 3 rings (SSSR count). The molecule has 2 aromatic carbocycles. The van der Waals surface area contributed by atoms with Gasteiger partial charge in [0.2, 0.25) is 0 Å². The number of carbonyl (C=O) groups is 2. The summed E-state index contributed by atoms with van der Waals surface area (Å²) in [5, 5.41) is 10.1. The quantitative estimate of drug-likeness (QED) is 0.820. The van der Waals surface area contributed by atoms with Gasteiger partial charge in [-0.1, -0.05) is 35.3 Å². The van der Waals surface area contributed by atoms with Crippen LogP contribution in [0, 0.1) is 0 Å². The van der Waals surface area contributed by atoms with Crippen LogP contribution in [0.3, 0.4) is 0 Å². The number of rotatable bonds is 1. The predicted octanol–water partition coefficient (Wildman–Crippen LogP) is 3.50. The van der Waals surface area contributed by atoms with E-state index in [-0.39, 0.29) is 32.6 Å². The van der Waals surface area contributed by atoms with Crippen LogP contribution >= 0.6 is 23.2 Å². The first-order valence-electron chi connectivity index (χ1n) is 5.67. The van der Waals surface area contributed by atoms with Crippen molar-refractivity contribution in [2.45, 2.75) is 0 Å². The monoisotopic (exact) mass is 307 g/mol. The predicted molar refractivity (Wildman–Crippen MR) is 75.7 cm³/mol. The molecule has 6 heteroatoms. The van der Waals surface area contributed by atoms with Gasteiger partial charge in [-0.25, -0.2) is 4.90 Å². The lowest BCUT2D eigenvalue weighted by molar-refractivity contribution is 0.0925. The topological polar surface area (TPSA) is 57.6 Å². The molecule has 100 valence electrons. The third-order valence-electron chi connectivity index (χ3n) is 3.06. The molecule has 2 amide bonds. The normalized spacial score (nSPS) is 13.8. The van der Waals surface area contributed by atoms with Crippen LogP contribution in [0.4, 0.5) is 5.69 Å². The number of amides is 2. The molecule has 20 heavy (non-hydrogen) atoms. The summed E-state index contributed by atoms with van der Waals surface area (Å²) < 4.78 is 0. The van der Waals surface area contributed by atoms with Gasteiger partial charge in [-0.05, 0) is 24.3 Å². The average Bonchev–Trinajstić information content (AvgIpc) is 2.68. The summed E-state index contributed by atoms with van der Waals surface area (Å²) in [6.45, 7) is 0. The fraction of sp³-hybridized carbons (Fsp3) is 0. The molecular weight excluding hydrogens is 301 g/mol. The number of fused-ring (bicyclic) bond motifs is 1. The largest absolute Gasteiger partial charge is 0.506 e. The fourth-order valence-electron chi connectivity index (χ4n) is 2.16. The van der Waals surface area contributed by atoms with Crippen LogP contribution in [0.15, 0.2) is 36.4 Å². The van der Waals surface area contributed by atoms with Crippen LogP contribution < -0.4 is 4.90 Å². The molecule has 0 fully saturated rings. The highest BCUT2D eigenvalue weighted by molar-refractivity contribution is 6.46. The van der Waals surface area contributed by atoms with Crippen molar-refractivity contribution in [2.24, 2.45) is 0 Å². The van der Waals surface area contributed by atoms with E-state index in [0.29, 0.717) is 0 Å². The Bertz CT molecular complexity index is 717. The lowest BCUT2D eigenvalue weighted by Crippen LogP contribution is -2.29. The number of carbonyl (C=O) groups excluding carboxylic acids is 2. The zero-order valence-electron chi connectivity index (χ0n) is 9.93. The minimum absolute atomic E-state index is 0.0624. The number of phenols is 1. The van der Waals surface area contributed by atoms with Crippen molar-refractivity contribution in [2.75, 3.05) is 4.90 Å². The van der Waals surface area contributed by atoms with Crippen LogP contribution in [0.25, 0.3) is 0 Å². The van der Waals surface area contributed by atoms with Crippen molar-refractivity contribution >= 4 is 40.7 Å². The summed E-state index contributed by atoms with van der Waals surface area (Å²) in [4.78, 5) is 25.6. The van der Waals surface area contributed by atoms with Crippen molar-refractivity contribution in [3.8, 4) is 5.75 Å². The minimum Gasteiger partial charge on any atom is -0.506 e. The first-order chi connectivity index (χ1) is 9.52. The maximum atomic E-state index is 12.4. The maximum absolute atomic E-state index is 12.4. The number of nitrogens with zero attached hydrogens (tertiary/aromatic N) is 1. The summed E-state index contributed by atoms with van der Waals surface area (Å²) in [7, 11) is 0. The Balaban J connectivity index is 2.23. The van der Waals surface area contributed by atoms with E-state index in [1.165, 1.54) is 24.3 Å². The van der Waals surface area contributed by atoms with Gasteiger partial charge in [0.05, 0.1) is 26.9 Å². The summed E-state index contributed by atoms with van der Waals surface area (Å²) >= 11 is 11.9. The van der Waals surface area contributed by atoms with E-state index in [4.69, 9.17) is 23.2 Å². The molecule has 0 atom stereocenters. The van der Waals surface area contributed by atoms with E-state index in [1.54, 1.807) is 12.1 Å². The first kappa shape index (κ1) is 13.0. The lowest BCUT2D eigenvalue weighted by Gasteiger charge is -2.14. The second-order valence-electron chi connectivity index (χ2n) is 4.21. The molecule has 0 radical (unpaired) electrons. The van der Waals surface area contributed by atoms with E-state index >= 15 is 0 Å². The van der Waals surface area contributed by atoms with Crippen molar-refractivity contribution in [3.63, 3.8) is 0 Å². The molecule has 0 saturated carbocycles. The van der Waals surface area contributed by atoms with Crippen molar-refractivity contribution in [1.82, 2.24) is 0 Å². The maximum Gasteiger partial charge on any atom is 0.267 e. The van der Waals surface area contributed by atoms with Crippen molar-refractivity contribution in [3.05, 3.63) is 57.6 Å². The number of imide groups is 1. The molecule has 0 saturated heterocycles. The van der Waals surface area contributed by atoms with Crippen LogP contribution in [0.1, 0.15) is 20.7 Å². The second kappa shape index (κ2) is 4.51. The van der Waals surface area contributed by atoms with Gasteiger partial charge in [-0.15, -0.1) is 0 Å². The van der Waals surface area contributed by atoms with Crippen LogP contribution in [-0.2, 0) is 0 Å². The Morgan fingerprint density at radius 3 is 1.85 bits per heavy atom. The molecule has 0 aromatic heterocycles. The average molecular weight is 308 g/mol. The molecule has 2 aromatic rings. The number of aromatic hydroxyl groups is 1. The summed E-state index contributed by atoms with van der Waals surface area (Å²) in [5.74, 6) is -1.37. The lowest BCUT2D eigenvalue weighted by atomic mass is 10.1. The summed E-state index contributed by atoms with van der Waals surface area (Å²) in [5.41, 5.74) is 0.227. The zero-order chi connectivity index (χ0) is 14.4. The van der Waals surface area contributed by atoms with Gasteiger partial charge in [-0.2, -0.15) is 0 Å². The number of hydrogen-bond donors (Lipinski definition) is 1. The molecule has 1 heterocycles. The molecule has 0 unspecified atom stereocenters.